The van der Waals surface area contributed by atoms with Crippen LogP contribution in [-0.4, -0.2) is 0 Å². The highest BCUT2D eigenvalue weighted by Gasteiger charge is 2.22. The lowest BCUT2D eigenvalue weighted by atomic mass is 9.79. The molecule has 1 aliphatic carbocycles. The van der Waals surface area contributed by atoms with Crippen molar-refractivity contribution in [3.8, 4) is 0 Å². The van der Waals surface area contributed by atoms with Gasteiger partial charge in [-0.2, -0.15) is 0 Å². The molecule has 0 saturated carbocycles. The summed E-state index contributed by atoms with van der Waals surface area (Å²) in [5.74, 6) is 0. The molecule has 0 aromatic carbocycles. The van der Waals surface area contributed by atoms with Gasteiger partial charge in [-0.25, -0.2) is 0 Å². The van der Waals surface area contributed by atoms with Crippen LogP contribution < -0.4 is 0 Å². The van der Waals surface area contributed by atoms with E-state index in [4.69, 9.17) is 0 Å². The summed E-state index contributed by atoms with van der Waals surface area (Å²) in [5, 5.41) is 0. The number of hydrogen-bond donors (Lipinski definition) is 0. The Morgan fingerprint density at radius 1 is 1.06 bits per heavy atom. The Morgan fingerprint density at radius 3 is 2.38 bits per heavy atom. The van der Waals surface area contributed by atoms with E-state index in [-0.39, 0.29) is 0 Å². The van der Waals surface area contributed by atoms with Crippen LogP contribution in [0.4, 0.5) is 0 Å². The molecule has 0 amide bonds. The van der Waals surface area contributed by atoms with Gasteiger partial charge in [-0.1, -0.05) is 83.1 Å². The normalized spacial score (nSPS) is 15.6. The minimum atomic E-state index is 0.425. The average Bonchev–Trinajstić information content (AvgIpc) is 2.77. The minimum absolute atomic E-state index is 0.425. The summed E-state index contributed by atoms with van der Waals surface area (Å²) >= 11 is 0. The second-order valence-electron chi connectivity index (χ2n) is 5.73. The summed E-state index contributed by atoms with van der Waals surface area (Å²) in [7, 11) is 0. The van der Waals surface area contributed by atoms with Gasteiger partial charge in [0.25, 0.3) is 0 Å². The van der Waals surface area contributed by atoms with E-state index in [1.807, 2.05) is 0 Å². The summed E-state index contributed by atoms with van der Waals surface area (Å²) in [6, 6.07) is 0. The molecule has 0 unspecified atom stereocenters. The van der Waals surface area contributed by atoms with Crippen LogP contribution in [0.25, 0.3) is 0 Å². The molecule has 0 atom stereocenters. The molecular weight excluding hydrogens is 192 g/mol. The van der Waals surface area contributed by atoms with Gasteiger partial charge in [-0.15, -0.1) is 0 Å². The Balaban J connectivity index is 2.11. The zero-order valence-corrected chi connectivity index (χ0v) is 11.4. The van der Waals surface area contributed by atoms with Crippen molar-refractivity contribution in [2.24, 2.45) is 5.41 Å². The highest BCUT2D eigenvalue weighted by molar-refractivity contribution is 5.27. The molecule has 0 nitrogen and oxygen atoms in total. The Hall–Kier alpha value is -0.520. The Bertz CT molecular complexity index is 243. The van der Waals surface area contributed by atoms with Crippen LogP contribution in [0.3, 0.4) is 0 Å². The second-order valence-corrected chi connectivity index (χ2v) is 5.73. The third kappa shape index (κ3) is 4.55. The molecule has 1 aliphatic rings. The molecule has 0 heteroatoms. The third-order valence-electron chi connectivity index (χ3n) is 3.80. The number of allylic oxidation sites excluding steroid dienone is 4. The zero-order valence-electron chi connectivity index (χ0n) is 11.4. The minimum Gasteiger partial charge on any atom is -0.0804 e. The van der Waals surface area contributed by atoms with Crippen LogP contribution in [0, 0.1) is 5.41 Å². The lowest BCUT2D eigenvalue weighted by molar-refractivity contribution is 0.379. The topological polar surface area (TPSA) is 0 Å². The van der Waals surface area contributed by atoms with Crippen molar-refractivity contribution >= 4 is 0 Å². The van der Waals surface area contributed by atoms with Gasteiger partial charge in [0, 0.05) is 0 Å². The molecule has 0 aromatic heterocycles. The lowest BCUT2D eigenvalue weighted by Crippen LogP contribution is -2.13. The average molecular weight is 220 g/mol. The van der Waals surface area contributed by atoms with E-state index in [1.165, 1.54) is 51.4 Å². The Morgan fingerprint density at radius 2 is 1.75 bits per heavy atom. The van der Waals surface area contributed by atoms with Crippen molar-refractivity contribution in [1.29, 1.82) is 0 Å². The molecule has 0 spiro atoms. The van der Waals surface area contributed by atoms with E-state index in [1.54, 1.807) is 5.57 Å². The van der Waals surface area contributed by atoms with Gasteiger partial charge in [0.2, 0.25) is 0 Å². The SMILES string of the molecule is CCCCCCCCC(C)(C)C1=CC=CC1. The van der Waals surface area contributed by atoms with Gasteiger partial charge in [-0.05, 0) is 18.3 Å². The summed E-state index contributed by atoms with van der Waals surface area (Å²) in [5.41, 5.74) is 2.05. The van der Waals surface area contributed by atoms with E-state index in [2.05, 4.69) is 39.0 Å². The number of rotatable bonds is 8. The summed E-state index contributed by atoms with van der Waals surface area (Å²) < 4.78 is 0. The first-order valence-corrected chi connectivity index (χ1v) is 7.03. The maximum atomic E-state index is 2.40. The van der Waals surface area contributed by atoms with E-state index in [0.717, 1.165) is 0 Å². The van der Waals surface area contributed by atoms with Crippen LogP contribution in [0.5, 0.6) is 0 Å². The molecule has 92 valence electrons. The van der Waals surface area contributed by atoms with E-state index >= 15 is 0 Å². The maximum Gasteiger partial charge on any atom is -0.0127 e. The maximum absolute atomic E-state index is 2.40. The number of unbranched alkanes of at least 4 members (excludes halogenated alkanes) is 5. The summed E-state index contributed by atoms with van der Waals surface area (Å²) in [6.45, 7) is 7.08. The van der Waals surface area contributed by atoms with Gasteiger partial charge in [-0.3, -0.25) is 0 Å². The van der Waals surface area contributed by atoms with Gasteiger partial charge in [0.1, 0.15) is 0 Å². The standard InChI is InChI=1S/C16H28/c1-4-5-6-7-8-11-14-16(2,3)15-12-9-10-13-15/h9-10,12H,4-8,11,13-14H2,1-3H3. The molecule has 0 N–H and O–H groups in total. The van der Waals surface area contributed by atoms with Crippen molar-refractivity contribution in [1.82, 2.24) is 0 Å². The fourth-order valence-corrected chi connectivity index (χ4v) is 2.46. The summed E-state index contributed by atoms with van der Waals surface area (Å²) in [6.07, 6.45) is 17.8. The monoisotopic (exact) mass is 220 g/mol. The molecule has 1 rings (SSSR count). The van der Waals surface area contributed by atoms with Crippen LogP contribution in [0.15, 0.2) is 23.8 Å². The van der Waals surface area contributed by atoms with Crippen LogP contribution in [0.1, 0.15) is 72.1 Å². The van der Waals surface area contributed by atoms with Crippen molar-refractivity contribution in [3.63, 3.8) is 0 Å². The predicted octanol–water partition coefficient (Wildman–Crippen LogP) is 5.65. The van der Waals surface area contributed by atoms with Crippen LogP contribution in [0.2, 0.25) is 0 Å². The number of hydrogen-bond acceptors (Lipinski definition) is 0. The van der Waals surface area contributed by atoms with Gasteiger partial charge >= 0.3 is 0 Å². The predicted molar refractivity (Wildman–Crippen MR) is 73.6 cm³/mol. The van der Waals surface area contributed by atoms with Crippen molar-refractivity contribution in [2.75, 3.05) is 0 Å². The van der Waals surface area contributed by atoms with Crippen LogP contribution in [-0.2, 0) is 0 Å². The molecule has 0 aromatic rings. The van der Waals surface area contributed by atoms with Crippen LogP contribution >= 0.6 is 0 Å². The Kier molecular flexibility index (Phi) is 5.87. The van der Waals surface area contributed by atoms with Gasteiger partial charge < -0.3 is 0 Å². The highest BCUT2D eigenvalue weighted by atomic mass is 14.3. The van der Waals surface area contributed by atoms with E-state index in [9.17, 15) is 0 Å². The fourth-order valence-electron chi connectivity index (χ4n) is 2.46. The van der Waals surface area contributed by atoms with Crippen molar-refractivity contribution < 1.29 is 0 Å². The first kappa shape index (κ1) is 13.5. The lowest BCUT2D eigenvalue weighted by Gasteiger charge is -2.26. The molecule has 16 heavy (non-hydrogen) atoms. The summed E-state index contributed by atoms with van der Waals surface area (Å²) in [4.78, 5) is 0. The van der Waals surface area contributed by atoms with Gasteiger partial charge in [0.15, 0.2) is 0 Å². The molecule has 0 fully saturated rings. The Labute approximate surface area is 102 Å². The molecule has 0 heterocycles. The highest BCUT2D eigenvalue weighted by Crippen LogP contribution is 2.36. The zero-order chi connectivity index (χ0) is 11.9. The molecular formula is C16H28. The molecule has 0 saturated heterocycles. The quantitative estimate of drug-likeness (QED) is 0.464. The largest absolute Gasteiger partial charge is 0.0804 e. The first-order chi connectivity index (χ1) is 7.67. The fraction of sp³-hybridized carbons (Fsp3) is 0.750. The van der Waals surface area contributed by atoms with E-state index in [0.29, 0.717) is 5.41 Å². The molecule has 0 aliphatic heterocycles. The van der Waals surface area contributed by atoms with Crippen molar-refractivity contribution in [2.45, 2.75) is 72.1 Å². The van der Waals surface area contributed by atoms with E-state index < -0.39 is 0 Å². The van der Waals surface area contributed by atoms with Crippen molar-refractivity contribution in [3.05, 3.63) is 23.8 Å². The first-order valence-electron chi connectivity index (χ1n) is 7.03. The van der Waals surface area contributed by atoms with Gasteiger partial charge in [0.05, 0.1) is 0 Å². The molecule has 0 bridgehead atoms. The second kappa shape index (κ2) is 6.93. The smallest absolute Gasteiger partial charge is 0.0127 e. The molecule has 0 radical (unpaired) electrons. The third-order valence-corrected chi connectivity index (χ3v) is 3.80.